The third-order valence-electron chi connectivity index (χ3n) is 5.40. The van der Waals surface area contributed by atoms with Gasteiger partial charge in [-0.25, -0.2) is 4.79 Å². The fourth-order valence-corrected chi connectivity index (χ4v) is 3.64. The number of rotatable bonds is 8. The minimum Gasteiger partial charge on any atom is -0.497 e. The predicted molar refractivity (Wildman–Crippen MR) is 114 cm³/mol. The van der Waals surface area contributed by atoms with Crippen LogP contribution in [0, 0.1) is 13.8 Å². The third kappa shape index (κ3) is 4.25. The first-order valence-electron chi connectivity index (χ1n) is 10.0. The summed E-state index contributed by atoms with van der Waals surface area (Å²) in [4.78, 5) is 40.2. The third-order valence-corrected chi connectivity index (χ3v) is 5.40. The fraction of sp³-hybridized carbons (Fsp3) is 0.435. The van der Waals surface area contributed by atoms with Crippen molar-refractivity contribution in [2.45, 2.75) is 47.2 Å². The Labute approximate surface area is 177 Å². The topological polar surface area (TPSA) is 77.8 Å². The number of Topliss-reactive ketones (excluding diaryl/α,β-unsaturated/α-hetero) is 1. The van der Waals surface area contributed by atoms with Crippen LogP contribution in [0.1, 0.15) is 63.2 Å². The second kappa shape index (κ2) is 9.61. The van der Waals surface area contributed by atoms with E-state index in [0.717, 1.165) is 0 Å². The molecule has 1 atom stereocenters. The van der Waals surface area contributed by atoms with E-state index in [4.69, 9.17) is 9.47 Å². The van der Waals surface area contributed by atoms with Crippen molar-refractivity contribution in [3.8, 4) is 5.75 Å². The number of carbonyl (C=O) groups is 3. The van der Waals surface area contributed by atoms with Crippen LogP contribution in [0.3, 0.4) is 0 Å². The van der Waals surface area contributed by atoms with E-state index in [2.05, 4.69) is 0 Å². The number of benzene rings is 1. The van der Waals surface area contributed by atoms with Crippen LogP contribution in [-0.2, 0) is 11.3 Å². The van der Waals surface area contributed by atoms with Crippen molar-refractivity contribution in [1.82, 2.24) is 9.47 Å². The maximum absolute atomic E-state index is 13.4. The molecule has 0 radical (unpaired) electrons. The van der Waals surface area contributed by atoms with Crippen molar-refractivity contribution < 1.29 is 23.9 Å². The Morgan fingerprint density at radius 2 is 1.83 bits per heavy atom. The predicted octanol–water partition coefficient (Wildman–Crippen LogP) is 3.65. The number of hydrogen-bond acceptors (Lipinski definition) is 5. The van der Waals surface area contributed by atoms with Crippen molar-refractivity contribution in [3.05, 3.63) is 52.3 Å². The first-order valence-corrected chi connectivity index (χ1v) is 10.0. The Bertz CT molecular complexity index is 961. The van der Waals surface area contributed by atoms with Crippen LogP contribution in [0.15, 0.2) is 24.3 Å². The van der Waals surface area contributed by atoms with Gasteiger partial charge in [0.05, 0.1) is 19.8 Å². The van der Waals surface area contributed by atoms with E-state index in [0.29, 0.717) is 40.4 Å². The van der Waals surface area contributed by atoms with E-state index >= 15 is 0 Å². The van der Waals surface area contributed by atoms with Gasteiger partial charge in [-0.05, 0) is 58.4 Å². The lowest BCUT2D eigenvalue weighted by atomic mass is 9.99. The quantitative estimate of drug-likeness (QED) is 0.487. The number of amides is 1. The van der Waals surface area contributed by atoms with Crippen molar-refractivity contribution in [3.63, 3.8) is 0 Å². The van der Waals surface area contributed by atoms with Gasteiger partial charge in [-0.3, -0.25) is 9.59 Å². The molecule has 162 valence electrons. The van der Waals surface area contributed by atoms with Gasteiger partial charge in [0.1, 0.15) is 11.4 Å². The van der Waals surface area contributed by atoms with Gasteiger partial charge in [0.25, 0.3) is 5.91 Å². The second-order valence-electron chi connectivity index (χ2n) is 7.09. The zero-order valence-corrected chi connectivity index (χ0v) is 18.7. The molecule has 1 aromatic heterocycles. The molecule has 0 aliphatic rings. The largest absolute Gasteiger partial charge is 0.497 e. The number of likely N-dealkylation sites (N-methyl/N-ethyl adjacent to an activating group) is 1. The molecule has 1 heterocycles. The summed E-state index contributed by atoms with van der Waals surface area (Å²) >= 11 is 0. The zero-order valence-electron chi connectivity index (χ0n) is 18.7. The van der Waals surface area contributed by atoms with Crippen molar-refractivity contribution in [1.29, 1.82) is 0 Å². The summed E-state index contributed by atoms with van der Waals surface area (Å²) < 4.78 is 12.1. The van der Waals surface area contributed by atoms with E-state index in [-0.39, 0.29) is 18.3 Å². The van der Waals surface area contributed by atoms with Crippen LogP contribution in [-0.4, -0.2) is 53.9 Å². The molecule has 1 unspecified atom stereocenters. The monoisotopic (exact) mass is 414 g/mol. The smallest absolute Gasteiger partial charge is 0.355 e. The van der Waals surface area contributed by atoms with Gasteiger partial charge in [-0.15, -0.1) is 0 Å². The van der Waals surface area contributed by atoms with Gasteiger partial charge >= 0.3 is 5.97 Å². The SMILES string of the molecule is CCOC(=O)c1c(C)c(C(=O)C(C)N(C)C(=O)c2cccc(OC)c2)c(C)n1CC. The number of nitrogens with zero attached hydrogens (tertiary/aromatic N) is 2. The van der Waals surface area contributed by atoms with E-state index < -0.39 is 12.0 Å². The van der Waals surface area contributed by atoms with E-state index in [1.54, 1.807) is 56.7 Å². The molecule has 0 bridgehead atoms. The van der Waals surface area contributed by atoms with Crippen LogP contribution in [0.2, 0.25) is 0 Å². The van der Waals surface area contributed by atoms with E-state index in [9.17, 15) is 14.4 Å². The maximum atomic E-state index is 13.4. The normalized spacial score (nSPS) is 11.7. The molecule has 30 heavy (non-hydrogen) atoms. The summed E-state index contributed by atoms with van der Waals surface area (Å²) in [5.74, 6) is -0.390. The Morgan fingerprint density at radius 3 is 2.40 bits per heavy atom. The van der Waals surface area contributed by atoms with Crippen LogP contribution in [0.25, 0.3) is 0 Å². The molecular formula is C23H30N2O5. The summed E-state index contributed by atoms with van der Waals surface area (Å²) in [7, 11) is 3.13. The maximum Gasteiger partial charge on any atom is 0.355 e. The van der Waals surface area contributed by atoms with Gasteiger partial charge < -0.3 is 18.9 Å². The van der Waals surface area contributed by atoms with E-state index in [1.165, 1.54) is 12.0 Å². The highest BCUT2D eigenvalue weighted by molar-refractivity contribution is 6.07. The lowest BCUT2D eigenvalue weighted by Gasteiger charge is -2.24. The fourth-order valence-electron chi connectivity index (χ4n) is 3.64. The Morgan fingerprint density at radius 1 is 1.17 bits per heavy atom. The highest BCUT2D eigenvalue weighted by Crippen LogP contribution is 2.26. The summed E-state index contributed by atoms with van der Waals surface area (Å²) in [5, 5.41) is 0. The first kappa shape index (κ1) is 23.2. The molecule has 1 aromatic carbocycles. The molecule has 0 aliphatic heterocycles. The van der Waals surface area contributed by atoms with Crippen molar-refractivity contribution >= 4 is 17.7 Å². The summed E-state index contributed by atoms with van der Waals surface area (Å²) in [6.45, 7) is 9.67. The minimum atomic E-state index is -0.719. The molecule has 0 spiro atoms. The Kier molecular flexibility index (Phi) is 7.43. The van der Waals surface area contributed by atoms with Crippen LogP contribution < -0.4 is 4.74 Å². The number of hydrogen-bond donors (Lipinski definition) is 0. The molecule has 0 saturated heterocycles. The lowest BCUT2D eigenvalue weighted by molar-refractivity contribution is 0.0512. The average molecular weight is 415 g/mol. The highest BCUT2D eigenvalue weighted by atomic mass is 16.5. The van der Waals surface area contributed by atoms with Gasteiger partial charge in [0.15, 0.2) is 5.78 Å². The van der Waals surface area contributed by atoms with Gasteiger partial charge in [0.2, 0.25) is 0 Å². The molecule has 0 N–H and O–H groups in total. The molecule has 2 rings (SSSR count). The summed E-state index contributed by atoms with van der Waals surface area (Å²) in [6, 6.07) is 6.08. The molecule has 7 nitrogen and oxygen atoms in total. The van der Waals surface area contributed by atoms with Crippen molar-refractivity contribution in [2.75, 3.05) is 20.8 Å². The second-order valence-corrected chi connectivity index (χ2v) is 7.09. The van der Waals surface area contributed by atoms with E-state index in [1.807, 2.05) is 13.8 Å². The number of aromatic nitrogens is 1. The lowest BCUT2D eigenvalue weighted by Crippen LogP contribution is -2.40. The number of esters is 1. The molecule has 7 heteroatoms. The van der Waals surface area contributed by atoms with Gasteiger partial charge in [-0.1, -0.05) is 6.07 Å². The summed E-state index contributed by atoms with van der Waals surface area (Å²) in [6.07, 6.45) is 0. The average Bonchev–Trinajstić information content (AvgIpc) is 3.01. The number of ether oxygens (including phenoxy) is 2. The molecule has 0 aliphatic carbocycles. The molecule has 2 aromatic rings. The Hall–Kier alpha value is -3.09. The molecule has 0 saturated carbocycles. The number of methoxy groups -OCH3 is 1. The highest BCUT2D eigenvalue weighted by Gasteiger charge is 2.31. The first-order chi connectivity index (χ1) is 14.2. The summed E-state index contributed by atoms with van der Waals surface area (Å²) in [5.41, 5.74) is 2.54. The zero-order chi connectivity index (χ0) is 22.6. The number of ketones is 1. The van der Waals surface area contributed by atoms with Gasteiger partial charge in [-0.2, -0.15) is 0 Å². The van der Waals surface area contributed by atoms with Crippen LogP contribution in [0.4, 0.5) is 0 Å². The standard InChI is InChI=1S/C23H30N2O5/c1-8-25-15(4)19(14(3)20(25)23(28)30-9-2)21(26)16(5)24(6)22(27)17-11-10-12-18(13-17)29-7/h10-13,16H,8-9H2,1-7H3. The minimum absolute atomic E-state index is 0.221. The molecule has 0 fully saturated rings. The van der Waals surface area contributed by atoms with Crippen LogP contribution >= 0.6 is 0 Å². The Balaban J connectivity index is 2.39. The molecule has 1 amide bonds. The van der Waals surface area contributed by atoms with Crippen LogP contribution in [0.5, 0.6) is 5.75 Å². The van der Waals surface area contributed by atoms with Crippen molar-refractivity contribution in [2.24, 2.45) is 0 Å². The number of carbonyl (C=O) groups excluding carboxylic acids is 3. The van der Waals surface area contributed by atoms with Gasteiger partial charge in [0, 0.05) is 30.4 Å². The molecular weight excluding hydrogens is 384 g/mol.